The Bertz CT molecular complexity index is 307. The van der Waals surface area contributed by atoms with Crippen LogP contribution in [0.25, 0.3) is 0 Å². The maximum Gasteiger partial charge on any atom is 0.124 e. The van der Waals surface area contributed by atoms with Crippen LogP contribution in [0.4, 0.5) is 0 Å². The van der Waals surface area contributed by atoms with E-state index < -0.39 is 0 Å². The lowest BCUT2D eigenvalue weighted by Gasteiger charge is -2.14. The van der Waals surface area contributed by atoms with Gasteiger partial charge < -0.3 is 10.5 Å². The van der Waals surface area contributed by atoms with E-state index in [1.54, 1.807) is 0 Å². The van der Waals surface area contributed by atoms with Crippen molar-refractivity contribution in [2.24, 2.45) is 5.73 Å². The molecule has 1 atom stereocenters. The zero-order valence-electron chi connectivity index (χ0n) is 9.92. The molecule has 2 nitrogen and oxygen atoms in total. The molecule has 0 spiro atoms. The summed E-state index contributed by atoms with van der Waals surface area (Å²) in [5.74, 6) is 0.923. The van der Waals surface area contributed by atoms with Gasteiger partial charge in [0.15, 0.2) is 0 Å². The molecule has 0 amide bonds. The summed E-state index contributed by atoms with van der Waals surface area (Å²) >= 11 is 0. The third-order valence-corrected chi connectivity index (χ3v) is 2.40. The molecule has 0 aromatic heterocycles. The van der Waals surface area contributed by atoms with Gasteiger partial charge in [-0.15, -0.1) is 0 Å². The maximum atomic E-state index is 5.93. The fourth-order valence-corrected chi connectivity index (χ4v) is 1.68. The van der Waals surface area contributed by atoms with Crippen molar-refractivity contribution in [2.45, 2.75) is 39.7 Å². The van der Waals surface area contributed by atoms with Crippen LogP contribution in [-0.2, 0) is 6.42 Å². The van der Waals surface area contributed by atoms with Gasteiger partial charge in [-0.3, -0.25) is 0 Å². The van der Waals surface area contributed by atoms with Gasteiger partial charge in [0.2, 0.25) is 0 Å². The molecule has 2 N–H and O–H groups in total. The van der Waals surface area contributed by atoms with E-state index in [1.165, 1.54) is 5.56 Å². The molecule has 1 aromatic carbocycles. The Labute approximate surface area is 92.4 Å². The predicted octanol–water partition coefficient (Wildman–Crippen LogP) is 3.06. The molecule has 0 saturated carbocycles. The lowest BCUT2D eigenvalue weighted by Crippen LogP contribution is -2.08. The van der Waals surface area contributed by atoms with E-state index in [4.69, 9.17) is 10.5 Å². The van der Waals surface area contributed by atoms with Gasteiger partial charge in [-0.25, -0.2) is 0 Å². The highest BCUT2D eigenvalue weighted by Crippen LogP contribution is 2.25. The van der Waals surface area contributed by atoms with Crippen LogP contribution < -0.4 is 10.5 Å². The largest absolute Gasteiger partial charge is 0.494 e. The average molecular weight is 207 g/mol. The summed E-state index contributed by atoms with van der Waals surface area (Å²) in [5, 5.41) is 0. The predicted molar refractivity (Wildman–Crippen MR) is 64.2 cm³/mol. The molecule has 0 aliphatic carbocycles. The van der Waals surface area contributed by atoms with E-state index in [9.17, 15) is 0 Å². The maximum absolute atomic E-state index is 5.93. The average Bonchev–Trinajstić information content (AvgIpc) is 2.21. The summed E-state index contributed by atoms with van der Waals surface area (Å²) in [5.41, 5.74) is 8.38. The van der Waals surface area contributed by atoms with Crippen LogP contribution in [-0.4, -0.2) is 6.61 Å². The van der Waals surface area contributed by atoms with Gasteiger partial charge in [-0.05, 0) is 31.9 Å². The van der Waals surface area contributed by atoms with Crippen molar-refractivity contribution in [3.8, 4) is 5.75 Å². The van der Waals surface area contributed by atoms with E-state index in [1.807, 2.05) is 19.9 Å². The summed E-state index contributed by atoms with van der Waals surface area (Å²) in [4.78, 5) is 0. The lowest BCUT2D eigenvalue weighted by atomic mass is 10.0. The van der Waals surface area contributed by atoms with Gasteiger partial charge >= 0.3 is 0 Å². The monoisotopic (exact) mass is 207 g/mol. The summed E-state index contributed by atoms with van der Waals surface area (Å²) in [7, 11) is 0. The fraction of sp³-hybridized carbons (Fsp3) is 0.538. The Kier molecular flexibility index (Phi) is 4.63. The minimum absolute atomic E-state index is 0.0309. The van der Waals surface area contributed by atoms with Crippen molar-refractivity contribution >= 4 is 0 Å². The van der Waals surface area contributed by atoms with Crippen LogP contribution in [0.15, 0.2) is 18.2 Å². The molecule has 0 bridgehead atoms. The molecule has 1 unspecified atom stereocenters. The van der Waals surface area contributed by atoms with Crippen molar-refractivity contribution in [1.82, 2.24) is 0 Å². The van der Waals surface area contributed by atoms with Gasteiger partial charge in [0, 0.05) is 11.6 Å². The molecule has 0 aliphatic rings. The summed E-state index contributed by atoms with van der Waals surface area (Å²) in [6, 6.07) is 6.36. The number of rotatable bonds is 5. The molecule has 0 radical (unpaired) electrons. The number of hydrogen-bond acceptors (Lipinski definition) is 2. The minimum Gasteiger partial charge on any atom is -0.494 e. The first kappa shape index (κ1) is 12.1. The Morgan fingerprint density at radius 2 is 2.07 bits per heavy atom. The van der Waals surface area contributed by atoms with Crippen LogP contribution in [0, 0.1) is 0 Å². The topological polar surface area (TPSA) is 35.2 Å². The Morgan fingerprint density at radius 3 is 2.60 bits per heavy atom. The van der Waals surface area contributed by atoms with Crippen molar-refractivity contribution < 1.29 is 4.74 Å². The summed E-state index contributed by atoms with van der Waals surface area (Å²) < 4.78 is 5.55. The Morgan fingerprint density at radius 1 is 1.33 bits per heavy atom. The highest BCUT2D eigenvalue weighted by molar-refractivity contribution is 5.39. The summed E-state index contributed by atoms with van der Waals surface area (Å²) in [6.45, 7) is 6.85. The first-order valence-corrected chi connectivity index (χ1v) is 5.70. The van der Waals surface area contributed by atoms with E-state index in [0.717, 1.165) is 24.2 Å². The third-order valence-electron chi connectivity index (χ3n) is 2.40. The zero-order valence-corrected chi connectivity index (χ0v) is 9.92. The Hall–Kier alpha value is -1.02. The second-order valence-electron chi connectivity index (χ2n) is 3.84. The SMILES string of the molecule is CCCc1ccc(OCC)c(C(C)N)c1. The smallest absolute Gasteiger partial charge is 0.124 e. The van der Waals surface area contributed by atoms with E-state index in [-0.39, 0.29) is 6.04 Å². The highest BCUT2D eigenvalue weighted by atomic mass is 16.5. The molecule has 1 rings (SSSR count). The number of hydrogen-bond donors (Lipinski definition) is 1. The van der Waals surface area contributed by atoms with Gasteiger partial charge in [0.05, 0.1) is 6.61 Å². The molecular weight excluding hydrogens is 186 g/mol. The van der Waals surface area contributed by atoms with E-state index >= 15 is 0 Å². The standard InChI is InChI=1S/C13H21NO/c1-4-6-11-7-8-13(15-5-2)12(9-11)10(3)14/h7-10H,4-6,14H2,1-3H3. The zero-order chi connectivity index (χ0) is 11.3. The lowest BCUT2D eigenvalue weighted by molar-refractivity contribution is 0.334. The van der Waals surface area contributed by atoms with Crippen LogP contribution >= 0.6 is 0 Å². The minimum atomic E-state index is 0.0309. The van der Waals surface area contributed by atoms with Crippen LogP contribution in [0.2, 0.25) is 0 Å². The highest BCUT2D eigenvalue weighted by Gasteiger charge is 2.08. The quantitative estimate of drug-likeness (QED) is 0.805. The van der Waals surface area contributed by atoms with Gasteiger partial charge in [0.25, 0.3) is 0 Å². The van der Waals surface area contributed by atoms with Gasteiger partial charge in [-0.1, -0.05) is 25.5 Å². The second-order valence-corrected chi connectivity index (χ2v) is 3.84. The normalized spacial score (nSPS) is 12.5. The van der Waals surface area contributed by atoms with Crippen LogP contribution in [0.1, 0.15) is 44.4 Å². The van der Waals surface area contributed by atoms with Gasteiger partial charge in [-0.2, -0.15) is 0 Å². The molecule has 84 valence electrons. The van der Waals surface area contributed by atoms with Gasteiger partial charge in [0.1, 0.15) is 5.75 Å². The van der Waals surface area contributed by atoms with Crippen molar-refractivity contribution in [3.05, 3.63) is 29.3 Å². The molecule has 1 aromatic rings. The molecule has 15 heavy (non-hydrogen) atoms. The van der Waals surface area contributed by atoms with Crippen LogP contribution in [0.3, 0.4) is 0 Å². The Balaban J connectivity index is 2.97. The van der Waals surface area contributed by atoms with Crippen molar-refractivity contribution in [3.63, 3.8) is 0 Å². The third kappa shape index (κ3) is 3.24. The van der Waals surface area contributed by atoms with Crippen molar-refractivity contribution in [1.29, 1.82) is 0 Å². The van der Waals surface area contributed by atoms with Crippen LogP contribution in [0.5, 0.6) is 5.75 Å². The molecule has 0 aliphatic heterocycles. The molecule has 2 heteroatoms. The van der Waals surface area contributed by atoms with E-state index in [2.05, 4.69) is 19.1 Å². The molecular formula is C13H21NO. The molecule has 0 heterocycles. The number of ether oxygens (including phenoxy) is 1. The first-order valence-electron chi connectivity index (χ1n) is 5.70. The molecule has 0 saturated heterocycles. The second kappa shape index (κ2) is 5.76. The summed E-state index contributed by atoms with van der Waals surface area (Å²) in [6.07, 6.45) is 2.26. The first-order chi connectivity index (χ1) is 7.19. The van der Waals surface area contributed by atoms with E-state index in [0.29, 0.717) is 6.61 Å². The number of nitrogens with two attached hydrogens (primary N) is 1. The number of aryl methyl sites for hydroxylation is 1. The van der Waals surface area contributed by atoms with Crippen molar-refractivity contribution in [2.75, 3.05) is 6.61 Å². The molecule has 0 fully saturated rings. The number of benzene rings is 1. The fourth-order valence-electron chi connectivity index (χ4n) is 1.68.